The Morgan fingerprint density at radius 2 is 2.00 bits per heavy atom. The van der Waals surface area contributed by atoms with Gasteiger partial charge in [0.05, 0.1) is 38.0 Å². The highest BCUT2D eigenvalue weighted by molar-refractivity contribution is 5.92. The first kappa shape index (κ1) is 17.8. The minimum Gasteiger partial charge on any atom is -0.378 e. The van der Waals surface area contributed by atoms with E-state index in [4.69, 9.17) is 4.74 Å². The first-order chi connectivity index (χ1) is 12.8. The number of ether oxygens (including phenoxy) is 1. The maximum Gasteiger partial charge on any atom is 0.273 e. The summed E-state index contributed by atoms with van der Waals surface area (Å²) in [7, 11) is 0. The summed E-state index contributed by atoms with van der Waals surface area (Å²) in [6, 6.07) is 0.316. The molecule has 4 heterocycles. The molecular weight excluding hydrogens is 334 g/mol. The molecule has 0 aromatic carbocycles. The topological polar surface area (TPSA) is 87.5 Å². The van der Waals surface area contributed by atoms with Crippen molar-refractivity contribution in [2.24, 2.45) is 0 Å². The van der Waals surface area contributed by atoms with Crippen LogP contribution in [-0.2, 0) is 11.3 Å². The van der Waals surface area contributed by atoms with Crippen molar-refractivity contribution in [2.75, 3.05) is 59.0 Å². The molecule has 9 nitrogen and oxygen atoms in total. The normalized spacial score (nSPS) is 27.8. The molecule has 144 valence electrons. The maximum absolute atomic E-state index is 12.6. The fourth-order valence-corrected chi connectivity index (χ4v) is 4.05. The molecule has 0 spiro atoms. The molecule has 0 unspecified atom stereocenters. The van der Waals surface area contributed by atoms with Crippen LogP contribution in [0.15, 0.2) is 6.20 Å². The molecule has 2 atom stereocenters. The van der Waals surface area contributed by atoms with Crippen molar-refractivity contribution in [1.29, 1.82) is 0 Å². The number of aromatic nitrogens is 3. The van der Waals surface area contributed by atoms with Crippen molar-refractivity contribution in [3.05, 3.63) is 11.9 Å². The number of nitrogens with one attached hydrogen (secondary N) is 2. The Bertz CT molecular complexity index is 596. The Morgan fingerprint density at radius 1 is 1.19 bits per heavy atom. The van der Waals surface area contributed by atoms with Crippen LogP contribution in [0.4, 0.5) is 0 Å². The lowest BCUT2D eigenvalue weighted by Crippen LogP contribution is -2.50. The zero-order valence-electron chi connectivity index (χ0n) is 15.3. The van der Waals surface area contributed by atoms with Crippen LogP contribution in [0.5, 0.6) is 0 Å². The van der Waals surface area contributed by atoms with Crippen molar-refractivity contribution in [3.8, 4) is 0 Å². The van der Waals surface area contributed by atoms with E-state index in [9.17, 15) is 4.79 Å². The van der Waals surface area contributed by atoms with Crippen LogP contribution >= 0.6 is 0 Å². The smallest absolute Gasteiger partial charge is 0.273 e. The van der Waals surface area contributed by atoms with E-state index in [0.717, 1.165) is 52.4 Å². The number of amides is 1. The van der Waals surface area contributed by atoms with Gasteiger partial charge < -0.3 is 15.4 Å². The summed E-state index contributed by atoms with van der Waals surface area (Å²) >= 11 is 0. The summed E-state index contributed by atoms with van der Waals surface area (Å²) in [5.41, 5.74) is 0.386. The molecule has 1 aromatic rings. The van der Waals surface area contributed by atoms with Crippen LogP contribution in [0.3, 0.4) is 0 Å². The lowest BCUT2D eigenvalue weighted by Gasteiger charge is -2.27. The van der Waals surface area contributed by atoms with Gasteiger partial charge >= 0.3 is 0 Å². The van der Waals surface area contributed by atoms with Crippen LogP contribution in [0.25, 0.3) is 0 Å². The monoisotopic (exact) mass is 363 g/mol. The Labute approximate surface area is 154 Å². The summed E-state index contributed by atoms with van der Waals surface area (Å²) in [5, 5.41) is 14.6. The molecule has 3 aliphatic rings. The highest BCUT2D eigenvalue weighted by Crippen LogP contribution is 2.19. The minimum absolute atomic E-state index is 0.0339. The van der Waals surface area contributed by atoms with E-state index in [1.54, 1.807) is 10.9 Å². The Balaban J connectivity index is 1.28. The molecule has 2 N–H and O–H groups in total. The summed E-state index contributed by atoms with van der Waals surface area (Å²) < 4.78 is 7.39. The molecule has 3 saturated heterocycles. The number of hydrogen-bond donors (Lipinski definition) is 2. The molecule has 0 radical (unpaired) electrons. The lowest BCUT2D eigenvalue weighted by atomic mass is 10.1. The summed E-state index contributed by atoms with van der Waals surface area (Å²) in [6.45, 7) is 9.34. The van der Waals surface area contributed by atoms with Crippen molar-refractivity contribution < 1.29 is 9.53 Å². The number of carbonyl (C=O) groups is 1. The van der Waals surface area contributed by atoms with Gasteiger partial charge in [-0.1, -0.05) is 5.21 Å². The van der Waals surface area contributed by atoms with Crippen LogP contribution < -0.4 is 10.6 Å². The number of piperazine rings is 1. The molecule has 9 heteroatoms. The van der Waals surface area contributed by atoms with Crippen molar-refractivity contribution in [3.63, 3.8) is 0 Å². The predicted octanol–water partition coefficient (Wildman–Crippen LogP) is -1.22. The van der Waals surface area contributed by atoms with E-state index in [0.29, 0.717) is 18.9 Å². The standard InChI is InChI=1S/C17H29N7O2/c25-17(19-15-12-26-13-16(15)23-5-1-2-6-23)14-11-24(21-20-14)10-9-22-7-3-18-4-8-22/h11,15-16,18H,1-10,12-13H2,(H,19,25)/t15-,16-/m1/s1. The van der Waals surface area contributed by atoms with Crippen molar-refractivity contribution in [2.45, 2.75) is 31.5 Å². The van der Waals surface area contributed by atoms with Crippen LogP contribution in [-0.4, -0.2) is 102 Å². The molecule has 1 amide bonds. The third kappa shape index (κ3) is 4.22. The summed E-state index contributed by atoms with van der Waals surface area (Å²) in [5.74, 6) is -0.155. The third-order valence-electron chi connectivity index (χ3n) is 5.60. The SMILES string of the molecule is O=C(N[C@@H]1COC[C@H]1N1CCCC1)c1cn(CCN2CCNCC2)nn1. The Hall–Kier alpha value is -1.55. The molecule has 1 aromatic heterocycles. The average molecular weight is 363 g/mol. The van der Waals surface area contributed by atoms with E-state index in [1.165, 1.54) is 12.8 Å². The van der Waals surface area contributed by atoms with E-state index in [1.807, 2.05) is 0 Å². The molecule has 0 aliphatic carbocycles. The highest BCUT2D eigenvalue weighted by atomic mass is 16.5. The Morgan fingerprint density at radius 3 is 2.81 bits per heavy atom. The zero-order chi connectivity index (χ0) is 17.8. The molecule has 4 rings (SSSR count). The maximum atomic E-state index is 12.6. The largest absolute Gasteiger partial charge is 0.378 e. The Kier molecular flexibility index (Phi) is 5.78. The lowest BCUT2D eigenvalue weighted by molar-refractivity contribution is 0.0911. The van der Waals surface area contributed by atoms with Gasteiger partial charge in [0.15, 0.2) is 5.69 Å². The number of nitrogens with zero attached hydrogens (tertiary/aromatic N) is 5. The van der Waals surface area contributed by atoms with Gasteiger partial charge in [-0.15, -0.1) is 5.10 Å². The molecular formula is C17H29N7O2. The molecule has 26 heavy (non-hydrogen) atoms. The average Bonchev–Trinajstić information content (AvgIpc) is 3.41. The van der Waals surface area contributed by atoms with Gasteiger partial charge in [-0.25, -0.2) is 0 Å². The summed E-state index contributed by atoms with van der Waals surface area (Å²) in [6.07, 6.45) is 4.22. The second-order valence-corrected chi connectivity index (χ2v) is 7.39. The van der Waals surface area contributed by atoms with Crippen molar-refractivity contribution in [1.82, 2.24) is 35.4 Å². The van der Waals surface area contributed by atoms with Gasteiger partial charge in [0.2, 0.25) is 0 Å². The van der Waals surface area contributed by atoms with E-state index in [-0.39, 0.29) is 18.0 Å². The van der Waals surface area contributed by atoms with Crippen LogP contribution in [0, 0.1) is 0 Å². The van der Waals surface area contributed by atoms with Gasteiger partial charge in [0, 0.05) is 32.7 Å². The number of likely N-dealkylation sites (tertiary alicyclic amines) is 1. The van der Waals surface area contributed by atoms with E-state index >= 15 is 0 Å². The fraction of sp³-hybridized carbons (Fsp3) is 0.824. The highest BCUT2D eigenvalue weighted by Gasteiger charge is 2.35. The molecule has 3 aliphatic heterocycles. The molecule has 3 fully saturated rings. The molecule has 0 bridgehead atoms. The number of rotatable bonds is 6. The molecule has 0 saturated carbocycles. The third-order valence-corrected chi connectivity index (χ3v) is 5.60. The second kappa shape index (κ2) is 8.43. The van der Waals surface area contributed by atoms with Crippen LogP contribution in [0.2, 0.25) is 0 Å². The first-order valence-corrected chi connectivity index (χ1v) is 9.75. The minimum atomic E-state index is -0.155. The summed E-state index contributed by atoms with van der Waals surface area (Å²) in [4.78, 5) is 17.4. The first-order valence-electron chi connectivity index (χ1n) is 9.75. The number of hydrogen-bond acceptors (Lipinski definition) is 7. The number of carbonyl (C=O) groups excluding carboxylic acids is 1. The van der Waals surface area contributed by atoms with Gasteiger partial charge in [-0.2, -0.15) is 0 Å². The van der Waals surface area contributed by atoms with E-state index in [2.05, 4.69) is 30.7 Å². The fourth-order valence-electron chi connectivity index (χ4n) is 4.05. The zero-order valence-corrected chi connectivity index (χ0v) is 15.3. The second-order valence-electron chi connectivity index (χ2n) is 7.39. The van der Waals surface area contributed by atoms with Crippen LogP contribution in [0.1, 0.15) is 23.3 Å². The van der Waals surface area contributed by atoms with Gasteiger partial charge in [-0.05, 0) is 25.9 Å². The van der Waals surface area contributed by atoms with E-state index < -0.39 is 0 Å². The van der Waals surface area contributed by atoms with Crippen molar-refractivity contribution >= 4 is 5.91 Å². The van der Waals surface area contributed by atoms with Gasteiger partial charge in [0.25, 0.3) is 5.91 Å². The predicted molar refractivity (Wildman–Crippen MR) is 96.0 cm³/mol. The quantitative estimate of drug-likeness (QED) is 0.655. The van der Waals surface area contributed by atoms with Gasteiger partial charge in [0.1, 0.15) is 0 Å². The van der Waals surface area contributed by atoms with Gasteiger partial charge in [-0.3, -0.25) is 19.3 Å².